The van der Waals surface area contributed by atoms with Crippen LogP contribution >= 0.6 is 0 Å². The molecule has 0 N–H and O–H groups in total. The molecule has 0 bridgehead atoms. The Hall–Kier alpha value is -1.71. The molecule has 12 heavy (non-hydrogen) atoms. The van der Waals surface area contributed by atoms with E-state index in [1.165, 1.54) is 24.3 Å². The molecule has 0 aliphatic rings. The van der Waals surface area contributed by atoms with Crippen LogP contribution in [0.2, 0.25) is 0 Å². The van der Waals surface area contributed by atoms with Crippen LogP contribution in [0.15, 0.2) is 36.5 Å². The Morgan fingerprint density at radius 1 is 1.58 bits per heavy atom. The first-order chi connectivity index (χ1) is 5.70. The molecule has 4 nitrogen and oxygen atoms in total. The molecule has 0 aromatic rings. The molecule has 0 radical (unpaired) electrons. The van der Waals surface area contributed by atoms with Gasteiger partial charge in [-0.3, -0.25) is 14.9 Å². The Morgan fingerprint density at radius 2 is 2.25 bits per heavy atom. The first-order valence-electron chi connectivity index (χ1n) is 3.27. The van der Waals surface area contributed by atoms with Crippen molar-refractivity contribution in [2.24, 2.45) is 0 Å². The summed E-state index contributed by atoms with van der Waals surface area (Å²) in [5, 5.41) is 9.85. The molecule has 0 aliphatic heterocycles. The maximum atomic E-state index is 10.2. The fraction of sp³-hybridized carbons (Fsp3) is 0.125. The molecular weight excluding hydrogens is 158 g/mol. The summed E-state index contributed by atoms with van der Waals surface area (Å²) in [5.74, 6) is 0. The van der Waals surface area contributed by atoms with E-state index in [-0.39, 0.29) is 6.54 Å². The van der Waals surface area contributed by atoms with Gasteiger partial charge in [0.05, 0.1) is 0 Å². The summed E-state index contributed by atoms with van der Waals surface area (Å²) in [6.07, 6.45) is 6.23. The fourth-order valence-corrected chi connectivity index (χ4v) is 0.545. The van der Waals surface area contributed by atoms with Crippen molar-refractivity contribution in [1.29, 1.82) is 0 Å². The van der Waals surface area contributed by atoms with Crippen LogP contribution in [0.3, 0.4) is 0 Å². The van der Waals surface area contributed by atoms with Crippen molar-refractivity contribution in [3.05, 3.63) is 46.6 Å². The first kappa shape index (κ1) is 10.3. The topological polar surface area (TPSA) is 60.2 Å². The molecule has 0 spiro atoms. The van der Waals surface area contributed by atoms with Crippen LogP contribution in [-0.4, -0.2) is 17.8 Å². The molecule has 0 rings (SSSR count). The smallest absolute Gasteiger partial charge is 0.222 e. The molecule has 0 saturated heterocycles. The first-order valence-corrected chi connectivity index (χ1v) is 3.27. The molecule has 4 heteroatoms. The van der Waals surface area contributed by atoms with E-state index in [2.05, 4.69) is 6.58 Å². The lowest BCUT2D eigenvalue weighted by Crippen LogP contribution is -1.95. The van der Waals surface area contributed by atoms with Crippen LogP contribution in [0.5, 0.6) is 0 Å². The number of nitro groups is 1. The molecule has 0 aromatic heterocycles. The van der Waals surface area contributed by atoms with E-state index in [0.717, 1.165) is 0 Å². The Morgan fingerprint density at radius 3 is 2.67 bits per heavy atom. The quantitative estimate of drug-likeness (QED) is 0.203. The average molecular weight is 167 g/mol. The zero-order valence-corrected chi connectivity index (χ0v) is 6.47. The minimum atomic E-state index is -0.479. The van der Waals surface area contributed by atoms with Gasteiger partial charge in [-0.2, -0.15) is 0 Å². The van der Waals surface area contributed by atoms with E-state index in [0.29, 0.717) is 11.9 Å². The van der Waals surface area contributed by atoms with Crippen molar-refractivity contribution in [2.45, 2.75) is 0 Å². The van der Waals surface area contributed by atoms with Crippen molar-refractivity contribution >= 4 is 6.29 Å². The van der Waals surface area contributed by atoms with Crippen LogP contribution in [0.4, 0.5) is 0 Å². The number of hydrogen-bond acceptors (Lipinski definition) is 3. The summed E-state index contributed by atoms with van der Waals surface area (Å²) in [4.78, 5) is 19.6. The number of rotatable bonds is 5. The van der Waals surface area contributed by atoms with Gasteiger partial charge >= 0.3 is 0 Å². The van der Waals surface area contributed by atoms with Crippen molar-refractivity contribution in [2.75, 3.05) is 6.54 Å². The molecule has 64 valence electrons. The maximum absolute atomic E-state index is 10.2. The summed E-state index contributed by atoms with van der Waals surface area (Å²) < 4.78 is 0. The van der Waals surface area contributed by atoms with Crippen LogP contribution in [-0.2, 0) is 4.79 Å². The summed E-state index contributed by atoms with van der Waals surface area (Å²) >= 11 is 0. The normalized spacial score (nSPS) is 11.5. The van der Waals surface area contributed by atoms with E-state index in [1.807, 2.05) is 0 Å². The number of nitrogens with zero attached hydrogens (tertiary/aromatic N) is 1. The number of carbonyl (C=O) groups excluding carboxylic acids is 1. The Balaban J connectivity index is 4.10. The highest BCUT2D eigenvalue weighted by molar-refractivity contribution is 5.77. The van der Waals surface area contributed by atoms with E-state index < -0.39 is 4.92 Å². The zero-order chi connectivity index (χ0) is 9.40. The lowest BCUT2D eigenvalue weighted by atomic mass is 10.2. The van der Waals surface area contributed by atoms with Crippen LogP contribution in [0.25, 0.3) is 0 Å². The fourth-order valence-electron chi connectivity index (χ4n) is 0.545. The lowest BCUT2D eigenvalue weighted by molar-refractivity contribution is -0.468. The number of allylic oxidation sites excluding steroid dienone is 4. The lowest BCUT2D eigenvalue weighted by Gasteiger charge is -1.85. The summed E-state index contributed by atoms with van der Waals surface area (Å²) in [5.41, 5.74) is 0.367. The summed E-state index contributed by atoms with van der Waals surface area (Å²) in [7, 11) is 0. The average Bonchev–Trinajstić information content (AvgIpc) is 2.02. The van der Waals surface area contributed by atoms with Gasteiger partial charge in [0.2, 0.25) is 6.54 Å². The van der Waals surface area contributed by atoms with Gasteiger partial charge < -0.3 is 0 Å². The zero-order valence-electron chi connectivity index (χ0n) is 6.47. The van der Waals surface area contributed by atoms with Gasteiger partial charge in [0, 0.05) is 10.5 Å². The van der Waals surface area contributed by atoms with E-state index in [4.69, 9.17) is 0 Å². The van der Waals surface area contributed by atoms with E-state index in [1.54, 1.807) is 0 Å². The van der Waals surface area contributed by atoms with Crippen LogP contribution < -0.4 is 0 Å². The molecule has 0 aliphatic carbocycles. The third kappa shape index (κ3) is 5.10. The molecule has 0 atom stereocenters. The van der Waals surface area contributed by atoms with Crippen molar-refractivity contribution in [1.82, 2.24) is 0 Å². The van der Waals surface area contributed by atoms with E-state index in [9.17, 15) is 14.9 Å². The van der Waals surface area contributed by atoms with Crippen LogP contribution in [0.1, 0.15) is 0 Å². The second kappa shape index (κ2) is 6.03. The van der Waals surface area contributed by atoms with Gasteiger partial charge in [-0.15, -0.1) is 0 Å². The second-order valence-corrected chi connectivity index (χ2v) is 1.94. The van der Waals surface area contributed by atoms with Gasteiger partial charge in [0.25, 0.3) is 0 Å². The minimum absolute atomic E-state index is 0.275. The van der Waals surface area contributed by atoms with Gasteiger partial charge in [-0.25, -0.2) is 0 Å². The number of carbonyl (C=O) groups is 1. The Bertz CT molecular complexity index is 241. The van der Waals surface area contributed by atoms with Crippen molar-refractivity contribution < 1.29 is 9.72 Å². The molecule has 0 amide bonds. The van der Waals surface area contributed by atoms with Crippen molar-refractivity contribution in [3.8, 4) is 0 Å². The molecule has 0 heterocycles. The third-order valence-corrected chi connectivity index (χ3v) is 1.01. The third-order valence-electron chi connectivity index (χ3n) is 1.01. The minimum Gasteiger partial charge on any atom is -0.298 e. The number of aldehydes is 1. The molecule has 0 saturated carbocycles. The summed E-state index contributed by atoms with van der Waals surface area (Å²) in [6.45, 7) is 3.11. The van der Waals surface area contributed by atoms with E-state index >= 15 is 0 Å². The van der Waals surface area contributed by atoms with Gasteiger partial charge in [0.15, 0.2) is 0 Å². The summed E-state index contributed by atoms with van der Waals surface area (Å²) in [6, 6.07) is 0. The standard InChI is InChI=1S/C8H9NO3/c1-2-4-8(7-10)5-3-6-9(11)12/h2-5,7H,1,6H2/b5-3-,8-4+. The highest BCUT2D eigenvalue weighted by Crippen LogP contribution is 1.92. The van der Waals surface area contributed by atoms with Crippen molar-refractivity contribution in [3.63, 3.8) is 0 Å². The SMILES string of the molecule is C=C/C=C(C=O)\C=C/C[N+](=O)[O-]. The predicted octanol–water partition coefficient (Wildman–Crippen LogP) is 1.13. The van der Waals surface area contributed by atoms with Gasteiger partial charge in [0.1, 0.15) is 6.29 Å². The molecule has 0 unspecified atom stereocenters. The highest BCUT2D eigenvalue weighted by atomic mass is 16.6. The predicted molar refractivity (Wildman–Crippen MR) is 45.3 cm³/mol. The number of hydrogen-bond donors (Lipinski definition) is 0. The monoisotopic (exact) mass is 167 g/mol. The van der Waals surface area contributed by atoms with Crippen LogP contribution in [0, 0.1) is 10.1 Å². The van der Waals surface area contributed by atoms with Gasteiger partial charge in [-0.05, 0) is 12.2 Å². The largest absolute Gasteiger partial charge is 0.298 e. The van der Waals surface area contributed by atoms with Gasteiger partial charge in [-0.1, -0.05) is 18.7 Å². The molecule has 0 aromatic carbocycles. The highest BCUT2D eigenvalue weighted by Gasteiger charge is 1.89. The molecular formula is C8H9NO3. The second-order valence-electron chi connectivity index (χ2n) is 1.94. The Kier molecular flexibility index (Phi) is 5.17. The maximum Gasteiger partial charge on any atom is 0.222 e. The Labute approximate surface area is 70.0 Å². The molecule has 0 fully saturated rings.